The van der Waals surface area contributed by atoms with Crippen molar-refractivity contribution in [2.75, 3.05) is 20.3 Å². The Bertz CT molecular complexity index is 577. The SMILES string of the molecule is CCOC1CC(N)(C(=O)N(CC)Cc2ccc(OC)cc2)C1(C)C.Cl. The van der Waals surface area contributed by atoms with Crippen LogP contribution in [0.5, 0.6) is 5.75 Å². The smallest absolute Gasteiger partial charge is 0.243 e. The van der Waals surface area contributed by atoms with Crippen LogP contribution in [0.2, 0.25) is 0 Å². The van der Waals surface area contributed by atoms with Gasteiger partial charge in [-0.3, -0.25) is 4.79 Å². The van der Waals surface area contributed by atoms with Gasteiger partial charge in [0, 0.05) is 31.5 Å². The molecule has 2 N–H and O–H groups in total. The van der Waals surface area contributed by atoms with E-state index in [4.69, 9.17) is 15.2 Å². The average Bonchev–Trinajstić information content (AvgIpc) is 2.59. The lowest BCUT2D eigenvalue weighted by Gasteiger charge is -2.58. The molecule has 1 fully saturated rings. The van der Waals surface area contributed by atoms with Crippen molar-refractivity contribution in [2.45, 2.75) is 52.3 Å². The number of halogens is 1. The first-order valence-electron chi connectivity index (χ1n) is 8.63. The molecule has 2 unspecified atom stereocenters. The second kappa shape index (κ2) is 8.39. The summed E-state index contributed by atoms with van der Waals surface area (Å²) in [5.41, 5.74) is 6.36. The molecule has 0 bridgehead atoms. The summed E-state index contributed by atoms with van der Waals surface area (Å²) in [6, 6.07) is 7.77. The van der Waals surface area contributed by atoms with Gasteiger partial charge in [0.2, 0.25) is 5.91 Å². The van der Waals surface area contributed by atoms with Crippen molar-refractivity contribution in [1.29, 1.82) is 0 Å². The summed E-state index contributed by atoms with van der Waals surface area (Å²) < 4.78 is 10.9. The lowest BCUT2D eigenvalue weighted by atomic mass is 9.54. The Labute approximate surface area is 157 Å². The number of benzene rings is 1. The van der Waals surface area contributed by atoms with Crippen LogP contribution in [-0.2, 0) is 16.1 Å². The third-order valence-electron chi connectivity index (χ3n) is 5.41. The highest BCUT2D eigenvalue weighted by Gasteiger charge is 2.63. The number of hydrogen-bond acceptors (Lipinski definition) is 4. The molecular weight excluding hydrogens is 340 g/mol. The highest BCUT2D eigenvalue weighted by Crippen LogP contribution is 2.50. The van der Waals surface area contributed by atoms with Crippen molar-refractivity contribution >= 4 is 18.3 Å². The maximum atomic E-state index is 13.1. The molecule has 0 radical (unpaired) electrons. The van der Waals surface area contributed by atoms with E-state index in [1.165, 1.54) is 0 Å². The van der Waals surface area contributed by atoms with E-state index in [9.17, 15) is 4.79 Å². The Morgan fingerprint density at radius 2 is 1.88 bits per heavy atom. The van der Waals surface area contributed by atoms with E-state index in [1.807, 2.05) is 56.9 Å². The Balaban J connectivity index is 0.00000312. The van der Waals surface area contributed by atoms with Crippen molar-refractivity contribution in [2.24, 2.45) is 11.1 Å². The quantitative estimate of drug-likeness (QED) is 0.801. The number of hydrogen-bond donors (Lipinski definition) is 1. The van der Waals surface area contributed by atoms with E-state index >= 15 is 0 Å². The molecule has 142 valence electrons. The van der Waals surface area contributed by atoms with Gasteiger partial charge >= 0.3 is 0 Å². The number of ether oxygens (including phenoxy) is 2. The van der Waals surface area contributed by atoms with E-state index in [-0.39, 0.29) is 29.8 Å². The number of carbonyl (C=O) groups is 1. The molecule has 2 atom stereocenters. The van der Waals surface area contributed by atoms with Crippen LogP contribution in [0.15, 0.2) is 24.3 Å². The minimum Gasteiger partial charge on any atom is -0.497 e. The third kappa shape index (κ3) is 3.94. The van der Waals surface area contributed by atoms with Crippen molar-refractivity contribution in [1.82, 2.24) is 4.90 Å². The number of likely N-dealkylation sites (N-methyl/N-ethyl adjacent to an activating group) is 1. The van der Waals surface area contributed by atoms with Crippen molar-refractivity contribution in [3.05, 3.63) is 29.8 Å². The summed E-state index contributed by atoms with van der Waals surface area (Å²) in [5.74, 6) is 0.810. The molecular formula is C19H31ClN2O3. The largest absolute Gasteiger partial charge is 0.497 e. The molecule has 0 heterocycles. The Kier molecular flexibility index (Phi) is 7.29. The van der Waals surface area contributed by atoms with Crippen LogP contribution in [0.1, 0.15) is 39.7 Å². The first-order valence-corrected chi connectivity index (χ1v) is 8.63. The highest BCUT2D eigenvalue weighted by molar-refractivity contribution is 5.89. The molecule has 5 nitrogen and oxygen atoms in total. The number of amides is 1. The predicted molar refractivity (Wildman–Crippen MR) is 102 cm³/mol. The van der Waals surface area contributed by atoms with E-state index in [0.717, 1.165) is 11.3 Å². The Morgan fingerprint density at radius 1 is 1.28 bits per heavy atom. The molecule has 1 aliphatic rings. The molecule has 0 aliphatic heterocycles. The molecule has 1 aromatic rings. The van der Waals surface area contributed by atoms with Crippen LogP contribution in [0.3, 0.4) is 0 Å². The lowest BCUT2D eigenvalue weighted by molar-refractivity contribution is -0.179. The molecule has 0 saturated heterocycles. The molecule has 1 saturated carbocycles. The molecule has 0 spiro atoms. The summed E-state index contributed by atoms with van der Waals surface area (Å²) in [7, 11) is 1.64. The van der Waals surface area contributed by atoms with Gasteiger partial charge in [0.15, 0.2) is 0 Å². The van der Waals surface area contributed by atoms with Crippen LogP contribution < -0.4 is 10.5 Å². The van der Waals surface area contributed by atoms with Gasteiger partial charge in [-0.25, -0.2) is 0 Å². The van der Waals surface area contributed by atoms with Crippen molar-refractivity contribution in [3.8, 4) is 5.75 Å². The van der Waals surface area contributed by atoms with Gasteiger partial charge in [0.1, 0.15) is 11.3 Å². The number of nitrogens with two attached hydrogens (primary N) is 1. The first-order chi connectivity index (χ1) is 11.3. The molecule has 1 aromatic carbocycles. The minimum atomic E-state index is -0.866. The summed E-state index contributed by atoms with van der Waals surface area (Å²) in [6.07, 6.45) is 0.613. The number of rotatable bonds is 7. The van der Waals surface area contributed by atoms with Crippen molar-refractivity contribution in [3.63, 3.8) is 0 Å². The monoisotopic (exact) mass is 370 g/mol. The standard InChI is InChI=1S/C19H30N2O3.ClH/c1-6-21(13-14-8-10-15(23-5)11-9-14)17(22)19(20)12-16(24-7-2)18(19,3)4;/h8-11,16H,6-7,12-13,20H2,1-5H3;1H. The van der Waals surface area contributed by atoms with E-state index in [0.29, 0.717) is 26.1 Å². The number of nitrogens with zero attached hydrogens (tertiary/aromatic N) is 1. The lowest BCUT2D eigenvalue weighted by Crippen LogP contribution is -2.76. The zero-order valence-electron chi connectivity index (χ0n) is 15.9. The summed E-state index contributed by atoms with van der Waals surface area (Å²) in [6.45, 7) is 9.81. The van der Waals surface area contributed by atoms with Gasteiger partial charge in [0.25, 0.3) is 0 Å². The van der Waals surface area contributed by atoms with Gasteiger partial charge in [-0.05, 0) is 31.5 Å². The zero-order chi connectivity index (χ0) is 18.0. The molecule has 1 amide bonds. The molecule has 2 rings (SSSR count). The van der Waals surface area contributed by atoms with Crippen molar-refractivity contribution < 1.29 is 14.3 Å². The summed E-state index contributed by atoms with van der Waals surface area (Å²) in [4.78, 5) is 14.9. The minimum absolute atomic E-state index is 0. The summed E-state index contributed by atoms with van der Waals surface area (Å²) in [5, 5.41) is 0. The fourth-order valence-corrected chi connectivity index (χ4v) is 3.36. The van der Waals surface area contributed by atoms with Gasteiger partial charge in [-0.1, -0.05) is 26.0 Å². The molecule has 0 aromatic heterocycles. The molecule has 25 heavy (non-hydrogen) atoms. The maximum absolute atomic E-state index is 13.1. The molecule has 1 aliphatic carbocycles. The van der Waals surface area contributed by atoms with E-state index in [2.05, 4.69) is 0 Å². The van der Waals surface area contributed by atoms with Crippen LogP contribution >= 0.6 is 12.4 Å². The predicted octanol–water partition coefficient (Wildman–Crippen LogP) is 3.00. The number of carbonyl (C=O) groups excluding carboxylic acids is 1. The number of methoxy groups -OCH3 is 1. The first kappa shape index (κ1) is 21.7. The van der Waals surface area contributed by atoms with Gasteiger partial charge in [-0.2, -0.15) is 0 Å². The highest BCUT2D eigenvalue weighted by atomic mass is 35.5. The topological polar surface area (TPSA) is 64.8 Å². The fraction of sp³-hybridized carbons (Fsp3) is 0.632. The van der Waals surface area contributed by atoms with Crippen LogP contribution in [0.4, 0.5) is 0 Å². The van der Waals surface area contributed by atoms with Crippen LogP contribution in [0, 0.1) is 5.41 Å². The maximum Gasteiger partial charge on any atom is 0.243 e. The Morgan fingerprint density at radius 3 is 2.32 bits per heavy atom. The Hall–Kier alpha value is -1.30. The van der Waals surface area contributed by atoms with Crippen LogP contribution in [-0.4, -0.2) is 42.7 Å². The fourth-order valence-electron chi connectivity index (χ4n) is 3.36. The second-order valence-corrected chi connectivity index (χ2v) is 7.01. The summed E-state index contributed by atoms with van der Waals surface area (Å²) >= 11 is 0. The molecule has 6 heteroatoms. The average molecular weight is 371 g/mol. The second-order valence-electron chi connectivity index (χ2n) is 7.01. The van der Waals surface area contributed by atoms with Gasteiger partial charge in [0.05, 0.1) is 13.2 Å². The normalized spacial score (nSPS) is 24.0. The van der Waals surface area contributed by atoms with Gasteiger partial charge < -0.3 is 20.1 Å². The van der Waals surface area contributed by atoms with Crippen LogP contribution in [0.25, 0.3) is 0 Å². The third-order valence-corrected chi connectivity index (χ3v) is 5.41. The van der Waals surface area contributed by atoms with Gasteiger partial charge in [-0.15, -0.1) is 12.4 Å². The van der Waals surface area contributed by atoms with E-state index < -0.39 is 5.54 Å². The zero-order valence-corrected chi connectivity index (χ0v) is 16.7. The van der Waals surface area contributed by atoms with E-state index in [1.54, 1.807) is 7.11 Å².